The standard InChI is InChI=1S/C21H25FN2O2/c22-19-6-2-3-7-20(19)26-16-21(25)23-14-17-8-10-18(11-9-17)15-24-12-4-1-5-13-24/h2-3,6-11H,1,4-5,12-16H2,(H,23,25). The summed E-state index contributed by atoms with van der Waals surface area (Å²) in [5.74, 6) is -0.653. The largest absolute Gasteiger partial charge is 0.481 e. The molecule has 2 aromatic rings. The van der Waals surface area contributed by atoms with Gasteiger partial charge in [-0.25, -0.2) is 4.39 Å². The smallest absolute Gasteiger partial charge is 0.258 e. The van der Waals surface area contributed by atoms with E-state index in [1.165, 1.54) is 50.0 Å². The fraction of sp³-hybridized carbons (Fsp3) is 0.381. The van der Waals surface area contributed by atoms with Gasteiger partial charge in [0.2, 0.25) is 0 Å². The Kier molecular flexibility index (Phi) is 6.61. The van der Waals surface area contributed by atoms with Crippen LogP contribution in [0.5, 0.6) is 5.75 Å². The molecule has 0 atom stereocenters. The van der Waals surface area contributed by atoms with E-state index in [0.717, 1.165) is 12.1 Å². The zero-order valence-electron chi connectivity index (χ0n) is 14.9. The minimum Gasteiger partial charge on any atom is -0.481 e. The molecule has 26 heavy (non-hydrogen) atoms. The average Bonchev–Trinajstić information content (AvgIpc) is 2.68. The summed E-state index contributed by atoms with van der Waals surface area (Å²) >= 11 is 0. The Morgan fingerprint density at radius 2 is 1.69 bits per heavy atom. The number of nitrogens with one attached hydrogen (secondary N) is 1. The summed E-state index contributed by atoms with van der Waals surface area (Å²) in [5, 5.41) is 2.79. The fourth-order valence-electron chi connectivity index (χ4n) is 3.10. The minimum atomic E-state index is -0.468. The van der Waals surface area contributed by atoms with Crippen LogP contribution in [0.1, 0.15) is 30.4 Å². The topological polar surface area (TPSA) is 41.6 Å². The number of halogens is 1. The number of para-hydroxylation sites is 1. The van der Waals surface area contributed by atoms with Crippen molar-refractivity contribution >= 4 is 5.91 Å². The van der Waals surface area contributed by atoms with Crippen LogP contribution < -0.4 is 10.1 Å². The number of ether oxygens (including phenoxy) is 1. The molecule has 1 aliphatic rings. The van der Waals surface area contributed by atoms with Gasteiger partial charge in [0.15, 0.2) is 18.2 Å². The summed E-state index contributed by atoms with van der Waals surface area (Å²) in [6.45, 7) is 3.58. The predicted octanol–water partition coefficient (Wildman–Crippen LogP) is 3.51. The number of hydrogen-bond donors (Lipinski definition) is 1. The maximum atomic E-state index is 13.4. The number of hydrogen-bond acceptors (Lipinski definition) is 3. The molecule has 1 amide bonds. The molecule has 1 aliphatic heterocycles. The molecule has 0 aliphatic carbocycles. The van der Waals surface area contributed by atoms with Crippen LogP contribution in [0.25, 0.3) is 0 Å². The SMILES string of the molecule is O=C(COc1ccccc1F)NCc1ccc(CN2CCCCC2)cc1. The molecule has 0 spiro atoms. The molecular weight excluding hydrogens is 331 g/mol. The molecule has 2 aromatic carbocycles. The summed E-state index contributed by atoms with van der Waals surface area (Å²) in [5.41, 5.74) is 2.33. The van der Waals surface area contributed by atoms with Crippen LogP contribution in [0.4, 0.5) is 4.39 Å². The second-order valence-corrected chi connectivity index (χ2v) is 6.65. The van der Waals surface area contributed by atoms with Gasteiger partial charge in [-0.1, -0.05) is 42.8 Å². The van der Waals surface area contributed by atoms with E-state index in [4.69, 9.17) is 4.74 Å². The highest BCUT2D eigenvalue weighted by atomic mass is 19.1. The summed E-state index contributed by atoms with van der Waals surface area (Å²) in [6, 6.07) is 14.4. The number of piperidine rings is 1. The molecule has 0 bridgehead atoms. The molecule has 138 valence electrons. The first kappa shape index (κ1) is 18.4. The van der Waals surface area contributed by atoms with E-state index in [1.54, 1.807) is 12.1 Å². The van der Waals surface area contributed by atoms with Gasteiger partial charge in [-0.05, 0) is 49.2 Å². The Morgan fingerprint density at radius 1 is 1.00 bits per heavy atom. The number of benzene rings is 2. The van der Waals surface area contributed by atoms with Gasteiger partial charge in [-0.3, -0.25) is 9.69 Å². The number of rotatable bonds is 7. The van der Waals surface area contributed by atoms with Crippen molar-refractivity contribution in [1.82, 2.24) is 10.2 Å². The summed E-state index contributed by atoms with van der Waals surface area (Å²) in [4.78, 5) is 14.4. The van der Waals surface area contributed by atoms with Crippen molar-refractivity contribution in [2.45, 2.75) is 32.4 Å². The second kappa shape index (κ2) is 9.34. The van der Waals surface area contributed by atoms with E-state index in [1.807, 2.05) is 12.1 Å². The van der Waals surface area contributed by atoms with E-state index in [0.29, 0.717) is 6.54 Å². The highest BCUT2D eigenvalue weighted by Crippen LogP contribution is 2.15. The number of carbonyl (C=O) groups is 1. The first-order chi connectivity index (χ1) is 12.7. The van der Waals surface area contributed by atoms with Gasteiger partial charge in [0.25, 0.3) is 5.91 Å². The molecular formula is C21H25FN2O2. The molecule has 1 fully saturated rings. The third-order valence-electron chi connectivity index (χ3n) is 4.56. The first-order valence-electron chi connectivity index (χ1n) is 9.15. The van der Waals surface area contributed by atoms with Crippen LogP contribution in [-0.4, -0.2) is 30.5 Å². The monoisotopic (exact) mass is 356 g/mol. The Bertz CT molecular complexity index is 712. The Morgan fingerprint density at radius 3 is 2.42 bits per heavy atom. The molecule has 0 saturated carbocycles. The van der Waals surface area contributed by atoms with Gasteiger partial charge in [0.1, 0.15) is 0 Å². The van der Waals surface area contributed by atoms with Crippen LogP contribution in [-0.2, 0) is 17.9 Å². The van der Waals surface area contributed by atoms with E-state index >= 15 is 0 Å². The van der Waals surface area contributed by atoms with Gasteiger partial charge in [-0.2, -0.15) is 0 Å². The molecule has 1 N–H and O–H groups in total. The highest BCUT2D eigenvalue weighted by molar-refractivity contribution is 5.77. The van der Waals surface area contributed by atoms with Crippen LogP contribution in [0.3, 0.4) is 0 Å². The Balaban J connectivity index is 1.41. The zero-order chi connectivity index (χ0) is 18.2. The molecule has 4 nitrogen and oxygen atoms in total. The lowest BCUT2D eigenvalue weighted by atomic mass is 10.1. The molecule has 0 unspecified atom stereocenters. The number of amides is 1. The molecule has 0 radical (unpaired) electrons. The van der Waals surface area contributed by atoms with Gasteiger partial charge < -0.3 is 10.1 Å². The maximum absolute atomic E-state index is 13.4. The average molecular weight is 356 g/mol. The number of carbonyl (C=O) groups excluding carboxylic acids is 1. The molecule has 5 heteroatoms. The van der Waals surface area contributed by atoms with Crippen LogP contribution in [0.15, 0.2) is 48.5 Å². The first-order valence-corrected chi connectivity index (χ1v) is 9.15. The van der Waals surface area contributed by atoms with Crippen molar-refractivity contribution in [3.8, 4) is 5.75 Å². The van der Waals surface area contributed by atoms with Crippen molar-refractivity contribution < 1.29 is 13.9 Å². The van der Waals surface area contributed by atoms with E-state index < -0.39 is 5.82 Å². The maximum Gasteiger partial charge on any atom is 0.258 e. The predicted molar refractivity (Wildman–Crippen MR) is 99.3 cm³/mol. The van der Waals surface area contributed by atoms with Crippen molar-refractivity contribution in [2.24, 2.45) is 0 Å². The van der Waals surface area contributed by atoms with Crippen molar-refractivity contribution in [3.63, 3.8) is 0 Å². The summed E-state index contributed by atoms with van der Waals surface area (Å²) < 4.78 is 18.6. The van der Waals surface area contributed by atoms with E-state index in [9.17, 15) is 9.18 Å². The van der Waals surface area contributed by atoms with Crippen molar-refractivity contribution in [3.05, 3.63) is 65.5 Å². The third-order valence-corrected chi connectivity index (χ3v) is 4.56. The highest BCUT2D eigenvalue weighted by Gasteiger charge is 2.10. The third kappa shape index (κ3) is 5.56. The van der Waals surface area contributed by atoms with E-state index in [2.05, 4.69) is 22.3 Å². The molecule has 3 rings (SSSR count). The number of likely N-dealkylation sites (tertiary alicyclic amines) is 1. The van der Waals surface area contributed by atoms with Gasteiger partial charge in [0, 0.05) is 13.1 Å². The minimum absolute atomic E-state index is 0.0877. The van der Waals surface area contributed by atoms with Gasteiger partial charge >= 0.3 is 0 Å². The molecule has 0 aromatic heterocycles. The lowest BCUT2D eigenvalue weighted by Crippen LogP contribution is -2.29. The van der Waals surface area contributed by atoms with Crippen LogP contribution in [0, 0.1) is 5.82 Å². The quantitative estimate of drug-likeness (QED) is 0.825. The zero-order valence-corrected chi connectivity index (χ0v) is 14.9. The lowest BCUT2D eigenvalue weighted by Gasteiger charge is -2.26. The summed E-state index contributed by atoms with van der Waals surface area (Å²) in [6.07, 6.45) is 3.92. The fourth-order valence-corrected chi connectivity index (χ4v) is 3.10. The van der Waals surface area contributed by atoms with Gasteiger partial charge in [0.05, 0.1) is 0 Å². The second-order valence-electron chi connectivity index (χ2n) is 6.65. The Labute approximate surface area is 154 Å². The van der Waals surface area contributed by atoms with Crippen molar-refractivity contribution in [2.75, 3.05) is 19.7 Å². The van der Waals surface area contributed by atoms with Crippen LogP contribution >= 0.6 is 0 Å². The number of nitrogens with zero attached hydrogens (tertiary/aromatic N) is 1. The van der Waals surface area contributed by atoms with Gasteiger partial charge in [-0.15, -0.1) is 0 Å². The molecule has 1 saturated heterocycles. The van der Waals surface area contributed by atoms with E-state index in [-0.39, 0.29) is 18.3 Å². The summed E-state index contributed by atoms with van der Waals surface area (Å²) in [7, 11) is 0. The lowest BCUT2D eigenvalue weighted by molar-refractivity contribution is -0.123. The molecule has 1 heterocycles. The Hall–Kier alpha value is -2.40. The van der Waals surface area contributed by atoms with Crippen molar-refractivity contribution in [1.29, 1.82) is 0 Å². The van der Waals surface area contributed by atoms with Crippen LogP contribution in [0.2, 0.25) is 0 Å². The normalized spacial score (nSPS) is 14.8.